The van der Waals surface area contributed by atoms with E-state index in [4.69, 9.17) is 23.2 Å². The zero-order valence-electron chi connectivity index (χ0n) is 16.4. The van der Waals surface area contributed by atoms with Gasteiger partial charge in [0.2, 0.25) is 0 Å². The minimum atomic E-state index is -0.543. The average Bonchev–Trinajstić information content (AvgIpc) is 3.24. The Morgan fingerprint density at radius 1 is 0.968 bits per heavy atom. The molecule has 7 heteroatoms. The van der Waals surface area contributed by atoms with Gasteiger partial charge in [0.15, 0.2) is 0 Å². The van der Waals surface area contributed by atoms with Crippen LogP contribution in [-0.2, 0) is 0 Å². The first-order valence-corrected chi connectivity index (χ1v) is 10.4. The van der Waals surface area contributed by atoms with Crippen LogP contribution in [0.25, 0.3) is 17.1 Å². The molecule has 3 aromatic carbocycles. The highest BCUT2D eigenvalue weighted by molar-refractivity contribution is 6.33. The number of aromatic nitrogens is 2. The molecule has 4 rings (SSSR count). The number of carbonyl (C=O) groups excluding carboxylic acids is 1. The molecule has 31 heavy (non-hydrogen) atoms. The minimum Gasteiger partial charge on any atom is -0.394 e. The van der Waals surface area contributed by atoms with Crippen molar-refractivity contribution in [2.45, 2.75) is 6.04 Å². The highest BCUT2D eigenvalue weighted by Gasteiger charge is 2.21. The van der Waals surface area contributed by atoms with Crippen molar-refractivity contribution in [3.05, 3.63) is 106 Å². The van der Waals surface area contributed by atoms with Gasteiger partial charge in [-0.05, 0) is 42.0 Å². The van der Waals surface area contributed by atoms with Gasteiger partial charge >= 0.3 is 0 Å². The summed E-state index contributed by atoms with van der Waals surface area (Å²) in [6, 6.07) is 23.3. The van der Waals surface area contributed by atoms with Crippen molar-refractivity contribution in [3.63, 3.8) is 0 Å². The van der Waals surface area contributed by atoms with Crippen molar-refractivity contribution in [1.29, 1.82) is 0 Å². The molecule has 0 saturated heterocycles. The molecule has 0 fully saturated rings. The van der Waals surface area contributed by atoms with Crippen LogP contribution in [0.3, 0.4) is 0 Å². The SMILES string of the molecule is O=C(N[C@H](CO)c1ccccc1)c1cn(-c2ccc(Cl)cc2)c(-c2ccccc2Cl)n1. The molecule has 1 atom stereocenters. The molecule has 1 amide bonds. The van der Waals surface area contributed by atoms with Gasteiger partial charge in [0.25, 0.3) is 5.91 Å². The number of hydrogen-bond donors (Lipinski definition) is 2. The monoisotopic (exact) mass is 451 g/mol. The molecule has 1 aromatic heterocycles. The first-order valence-electron chi connectivity index (χ1n) is 9.63. The Bertz CT molecular complexity index is 1190. The number of imidazole rings is 1. The van der Waals surface area contributed by atoms with Gasteiger partial charge in [0.05, 0.1) is 17.7 Å². The Kier molecular flexibility index (Phi) is 6.37. The van der Waals surface area contributed by atoms with Crippen molar-refractivity contribution in [2.24, 2.45) is 0 Å². The molecule has 0 spiro atoms. The molecule has 0 saturated carbocycles. The maximum atomic E-state index is 13.0. The molecule has 1 heterocycles. The minimum absolute atomic E-state index is 0.208. The van der Waals surface area contributed by atoms with Crippen LogP contribution in [0.1, 0.15) is 22.1 Å². The number of halogens is 2. The van der Waals surface area contributed by atoms with E-state index in [0.29, 0.717) is 21.4 Å². The van der Waals surface area contributed by atoms with Gasteiger partial charge in [0, 0.05) is 22.5 Å². The predicted molar refractivity (Wildman–Crippen MR) is 123 cm³/mol. The number of aliphatic hydroxyl groups is 1. The van der Waals surface area contributed by atoms with Crippen molar-refractivity contribution >= 4 is 29.1 Å². The summed E-state index contributed by atoms with van der Waals surface area (Å²) in [6.07, 6.45) is 1.65. The second-order valence-corrected chi connectivity index (χ2v) is 7.74. The van der Waals surface area contributed by atoms with Crippen LogP contribution in [0.2, 0.25) is 10.0 Å². The summed E-state index contributed by atoms with van der Waals surface area (Å²) in [4.78, 5) is 17.6. The van der Waals surface area contributed by atoms with E-state index in [0.717, 1.165) is 11.3 Å². The van der Waals surface area contributed by atoms with E-state index in [1.54, 1.807) is 29.0 Å². The second-order valence-electron chi connectivity index (χ2n) is 6.90. The largest absolute Gasteiger partial charge is 0.394 e. The summed E-state index contributed by atoms with van der Waals surface area (Å²) in [5.74, 6) is 0.127. The van der Waals surface area contributed by atoms with Crippen LogP contribution in [0, 0.1) is 0 Å². The van der Waals surface area contributed by atoms with E-state index < -0.39 is 11.9 Å². The van der Waals surface area contributed by atoms with Gasteiger partial charge in [-0.3, -0.25) is 9.36 Å². The summed E-state index contributed by atoms with van der Waals surface area (Å²) in [5, 5.41) is 13.8. The lowest BCUT2D eigenvalue weighted by Crippen LogP contribution is -2.31. The first-order chi connectivity index (χ1) is 15.1. The van der Waals surface area contributed by atoms with E-state index in [1.165, 1.54) is 0 Å². The number of nitrogens with zero attached hydrogens (tertiary/aromatic N) is 2. The van der Waals surface area contributed by atoms with Crippen LogP contribution in [0.4, 0.5) is 0 Å². The van der Waals surface area contributed by atoms with Gasteiger partial charge < -0.3 is 10.4 Å². The Balaban J connectivity index is 1.73. The van der Waals surface area contributed by atoms with Crippen molar-refractivity contribution in [3.8, 4) is 17.1 Å². The van der Waals surface area contributed by atoms with E-state index in [9.17, 15) is 9.90 Å². The lowest BCUT2D eigenvalue weighted by molar-refractivity contribution is 0.0911. The molecule has 2 N–H and O–H groups in total. The Morgan fingerprint density at radius 2 is 1.65 bits per heavy atom. The maximum absolute atomic E-state index is 13.0. The fourth-order valence-electron chi connectivity index (χ4n) is 3.27. The normalized spacial score (nSPS) is 11.8. The Hall–Kier alpha value is -3.12. The molecular formula is C24H19Cl2N3O2. The summed E-state index contributed by atoms with van der Waals surface area (Å²) in [7, 11) is 0. The topological polar surface area (TPSA) is 67.2 Å². The fourth-order valence-corrected chi connectivity index (χ4v) is 3.62. The smallest absolute Gasteiger partial charge is 0.272 e. The standard InChI is InChI=1S/C24H19Cl2N3O2/c25-17-10-12-18(13-11-17)29-14-21(27-23(29)19-8-4-5-9-20(19)26)24(31)28-22(15-30)16-6-2-1-3-7-16/h1-14,22,30H,15H2,(H,28,31)/t22-/m1/s1. The molecule has 0 bridgehead atoms. The zero-order chi connectivity index (χ0) is 21.8. The predicted octanol–water partition coefficient (Wildman–Crippen LogP) is 5.31. The van der Waals surface area contributed by atoms with Gasteiger partial charge in [-0.1, -0.05) is 65.7 Å². The number of nitrogens with one attached hydrogen (secondary N) is 1. The zero-order valence-corrected chi connectivity index (χ0v) is 17.9. The third-order valence-corrected chi connectivity index (χ3v) is 5.43. The van der Waals surface area contributed by atoms with Crippen LogP contribution >= 0.6 is 23.2 Å². The highest BCUT2D eigenvalue weighted by atomic mass is 35.5. The van der Waals surface area contributed by atoms with Crippen molar-refractivity contribution in [1.82, 2.24) is 14.9 Å². The van der Waals surface area contributed by atoms with Crippen LogP contribution in [0.15, 0.2) is 85.1 Å². The number of carbonyl (C=O) groups is 1. The third-order valence-electron chi connectivity index (χ3n) is 4.85. The van der Waals surface area contributed by atoms with Gasteiger partial charge in [-0.15, -0.1) is 0 Å². The molecule has 0 aliphatic carbocycles. The number of aliphatic hydroxyl groups excluding tert-OH is 1. The van der Waals surface area contributed by atoms with E-state index >= 15 is 0 Å². The molecule has 0 aliphatic rings. The van der Waals surface area contributed by atoms with E-state index in [1.807, 2.05) is 60.7 Å². The summed E-state index contributed by atoms with van der Waals surface area (Å²) < 4.78 is 1.79. The van der Waals surface area contributed by atoms with Gasteiger partial charge in [0.1, 0.15) is 11.5 Å². The summed E-state index contributed by atoms with van der Waals surface area (Å²) in [6.45, 7) is -0.231. The number of rotatable bonds is 6. The van der Waals surface area contributed by atoms with Crippen molar-refractivity contribution in [2.75, 3.05) is 6.61 Å². The number of benzene rings is 3. The Morgan fingerprint density at radius 3 is 2.32 bits per heavy atom. The molecule has 5 nitrogen and oxygen atoms in total. The molecule has 0 radical (unpaired) electrons. The lowest BCUT2D eigenvalue weighted by atomic mass is 10.1. The lowest BCUT2D eigenvalue weighted by Gasteiger charge is -2.15. The van der Waals surface area contributed by atoms with E-state index in [-0.39, 0.29) is 12.3 Å². The first kappa shape index (κ1) is 21.1. The summed E-state index contributed by atoms with van der Waals surface area (Å²) in [5.41, 5.74) is 2.49. The fraction of sp³-hybridized carbons (Fsp3) is 0.0833. The third kappa shape index (κ3) is 4.64. The van der Waals surface area contributed by atoms with Crippen molar-refractivity contribution < 1.29 is 9.90 Å². The number of hydrogen-bond acceptors (Lipinski definition) is 3. The van der Waals surface area contributed by atoms with Crippen LogP contribution < -0.4 is 5.32 Å². The molecule has 156 valence electrons. The Labute approximate surface area is 189 Å². The highest BCUT2D eigenvalue weighted by Crippen LogP contribution is 2.29. The molecular weight excluding hydrogens is 433 g/mol. The van der Waals surface area contributed by atoms with Gasteiger partial charge in [-0.25, -0.2) is 4.98 Å². The molecule has 4 aromatic rings. The van der Waals surface area contributed by atoms with Crippen LogP contribution in [-0.4, -0.2) is 27.2 Å². The quantitative estimate of drug-likeness (QED) is 0.417. The number of amides is 1. The van der Waals surface area contributed by atoms with Gasteiger partial charge in [-0.2, -0.15) is 0 Å². The molecule has 0 unspecified atom stereocenters. The summed E-state index contributed by atoms with van der Waals surface area (Å²) >= 11 is 12.4. The average molecular weight is 452 g/mol. The van der Waals surface area contributed by atoms with Crippen LogP contribution in [0.5, 0.6) is 0 Å². The van der Waals surface area contributed by atoms with E-state index in [2.05, 4.69) is 10.3 Å². The second kappa shape index (κ2) is 9.35. The molecule has 0 aliphatic heterocycles. The maximum Gasteiger partial charge on any atom is 0.272 e.